The van der Waals surface area contributed by atoms with Gasteiger partial charge in [0.15, 0.2) is 4.96 Å². The van der Waals surface area contributed by atoms with Crippen LogP contribution in [0.1, 0.15) is 82.0 Å². The monoisotopic (exact) mass is 801 g/mol. The van der Waals surface area contributed by atoms with Crippen LogP contribution in [0.3, 0.4) is 0 Å². The summed E-state index contributed by atoms with van der Waals surface area (Å²) in [6.07, 6.45) is 11.7. The van der Waals surface area contributed by atoms with Crippen molar-refractivity contribution in [2.24, 2.45) is 10.9 Å². The Balaban J connectivity index is 0.908. The number of hydrogen-bond acceptors (Lipinski definition) is 9. The Kier molecular flexibility index (Phi) is 11.1. The highest BCUT2D eigenvalue weighted by Gasteiger charge is 2.39. The second-order valence-corrected chi connectivity index (χ2v) is 16.5. The van der Waals surface area contributed by atoms with Crippen LogP contribution < -0.4 is 10.6 Å². The molecule has 1 unspecified atom stereocenters. The maximum atomic E-state index is 13.9. The highest BCUT2D eigenvalue weighted by molar-refractivity contribution is 7.20. The molecule has 14 nitrogen and oxygen atoms in total. The van der Waals surface area contributed by atoms with Crippen molar-refractivity contribution in [2.45, 2.75) is 77.0 Å². The van der Waals surface area contributed by atoms with E-state index < -0.39 is 24.6 Å². The van der Waals surface area contributed by atoms with E-state index in [1.54, 1.807) is 22.4 Å². The normalized spacial score (nSPS) is 19.1. The maximum Gasteiger partial charge on any atom is 0.250 e. The predicted molar refractivity (Wildman–Crippen MR) is 221 cm³/mol. The van der Waals surface area contributed by atoms with Crippen LogP contribution in [-0.2, 0) is 19.2 Å². The van der Waals surface area contributed by atoms with Gasteiger partial charge in [0.05, 0.1) is 34.6 Å². The van der Waals surface area contributed by atoms with E-state index in [0.29, 0.717) is 25.3 Å². The Morgan fingerprint density at radius 2 is 1.62 bits per heavy atom. The molecule has 4 N–H and O–H groups in total. The van der Waals surface area contributed by atoms with Gasteiger partial charge in [-0.2, -0.15) is 0 Å². The number of rotatable bonds is 12. The third-order valence-electron chi connectivity index (χ3n) is 11.2. The lowest BCUT2D eigenvalue weighted by atomic mass is 9.99. The van der Waals surface area contributed by atoms with E-state index in [2.05, 4.69) is 38.9 Å². The van der Waals surface area contributed by atoms with Crippen molar-refractivity contribution in [3.63, 3.8) is 0 Å². The number of H-pyrrole nitrogens is 1. The number of hydrogen-bond donors (Lipinski definition) is 4. The maximum absolute atomic E-state index is 13.9. The first-order chi connectivity index (χ1) is 28.1. The van der Waals surface area contributed by atoms with Gasteiger partial charge in [0, 0.05) is 45.0 Å². The number of aliphatic imine (C=N–C) groups is 1. The fraction of sp³-hybridized carbons (Fsp3) is 0.372. The fourth-order valence-corrected chi connectivity index (χ4v) is 9.26. The fourth-order valence-electron chi connectivity index (χ4n) is 8.29. The number of imidazole rings is 2. The minimum atomic E-state index is -0.739. The summed E-state index contributed by atoms with van der Waals surface area (Å²) >= 11 is 1.60. The van der Waals surface area contributed by atoms with E-state index >= 15 is 0 Å². The highest BCUT2D eigenvalue weighted by atomic mass is 32.1. The number of fused-ring (bicyclic) bond motifs is 1. The van der Waals surface area contributed by atoms with Gasteiger partial charge in [-0.1, -0.05) is 79.8 Å². The van der Waals surface area contributed by atoms with Gasteiger partial charge in [-0.25, -0.2) is 9.97 Å². The van der Waals surface area contributed by atoms with E-state index in [-0.39, 0.29) is 35.7 Å². The minimum Gasteiger partial charge on any atom is -0.387 e. The van der Waals surface area contributed by atoms with Crippen LogP contribution in [0.15, 0.2) is 90.0 Å². The van der Waals surface area contributed by atoms with Crippen LogP contribution in [0.4, 0.5) is 0 Å². The molecule has 300 valence electrons. The molecule has 0 saturated carbocycles. The van der Waals surface area contributed by atoms with Crippen molar-refractivity contribution >= 4 is 45.6 Å². The number of carbonyl (C=O) groups excluding carboxylic acids is 4. The molecule has 0 spiro atoms. The zero-order valence-electron chi connectivity index (χ0n) is 32.7. The van der Waals surface area contributed by atoms with Crippen molar-refractivity contribution in [3.05, 3.63) is 102 Å². The second kappa shape index (κ2) is 16.5. The Morgan fingerprint density at radius 3 is 2.31 bits per heavy atom. The van der Waals surface area contributed by atoms with Crippen molar-refractivity contribution in [2.75, 3.05) is 19.7 Å². The smallest absolute Gasteiger partial charge is 0.250 e. The number of nitrogens with one attached hydrogen (secondary N) is 3. The molecule has 0 radical (unpaired) electrons. The quantitative estimate of drug-likeness (QED) is 0.134. The number of aliphatic hydroxyl groups is 1. The number of likely N-dealkylation sites (tertiary alicyclic amines) is 2. The molecule has 5 aromatic rings. The molecule has 3 aliphatic heterocycles. The number of carbonyl (C=O) groups is 4. The third-order valence-corrected chi connectivity index (χ3v) is 12.3. The number of amides is 4. The Morgan fingerprint density at radius 1 is 0.914 bits per heavy atom. The van der Waals surface area contributed by atoms with Crippen molar-refractivity contribution in [3.8, 4) is 21.7 Å². The van der Waals surface area contributed by atoms with Gasteiger partial charge in [-0.3, -0.25) is 28.6 Å². The molecule has 2 fully saturated rings. The Bertz CT molecular complexity index is 2360. The minimum absolute atomic E-state index is 0.0853. The number of benzene rings is 2. The Hall–Kier alpha value is -5.93. The van der Waals surface area contributed by atoms with E-state index in [9.17, 15) is 24.3 Å². The molecule has 8 rings (SSSR count). The van der Waals surface area contributed by atoms with Crippen LogP contribution in [0.25, 0.3) is 26.7 Å². The summed E-state index contributed by atoms with van der Waals surface area (Å²) in [5, 5.41) is 14.8. The first kappa shape index (κ1) is 38.9. The molecule has 3 aromatic heterocycles. The van der Waals surface area contributed by atoms with Gasteiger partial charge in [0.25, 0.3) is 0 Å². The van der Waals surface area contributed by atoms with Gasteiger partial charge in [-0.05, 0) is 53.9 Å². The molecule has 58 heavy (non-hydrogen) atoms. The summed E-state index contributed by atoms with van der Waals surface area (Å²) in [5.74, 6) is -0.524. The molecule has 2 aromatic carbocycles. The van der Waals surface area contributed by atoms with E-state index in [1.165, 1.54) is 6.92 Å². The molecular formula is C43H47N9O5S. The largest absolute Gasteiger partial charge is 0.387 e. The van der Waals surface area contributed by atoms with Crippen LogP contribution in [0.2, 0.25) is 0 Å². The lowest BCUT2D eigenvalue weighted by Crippen LogP contribution is -2.51. The summed E-state index contributed by atoms with van der Waals surface area (Å²) in [7, 11) is 0. The van der Waals surface area contributed by atoms with E-state index in [4.69, 9.17) is 9.98 Å². The molecule has 0 bridgehead atoms. The third kappa shape index (κ3) is 7.83. The van der Waals surface area contributed by atoms with Crippen molar-refractivity contribution < 1.29 is 24.3 Å². The number of aromatic amines is 1. The molecule has 4 atom stereocenters. The van der Waals surface area contributed by atoms with E-state index in [1.807, 2.05) is 78.0 Å². The molecule has 2 saturated heterocycles. The Labute approximate surface area is 340 Å². The van der Waals surface area contributed by atoms with Gasteiger partial charge in [0.1, 0.15) is 30.2 Å². The highest BCUT2D eigenvalue weighted by Crippen LogP contribution is 2.36. The standard InChI is InChI=1S/C43H47N9O5S/c1-25(2)38(49-37(55)24-53)41(56)52-18-8-12-35(52)40-45-21-32(47-40)27-13-15-28(16-14-27)36-23-50-22-33(48-43(50)58-36)31-19-30(20-44-31)34-11-7-17-51(34)42(57)39(46-26(3)54)29-9-5-4-6-10-29/h4-6,9-10,13-16,20-23,25,34-35,38-39,53H,7-8,11-12,17-19,24H2,1-3H3,(H,45,47)(H,46,54)(H,49,55)/t34?,35-,38-,39+/m0/s1. The molecule has 4 amide bonds. The van der Waals surface area contributed by atoms with Crippen molar-refractivity contribution in [1.82, 2.24) is 39.8 Å². The first-order valence-corrected chi connectivity index (χ1v) is 20.6. The van der Waals surface area contributed by atoms with Crippen LogP contribution in [-0.4, -0.2) is 95.4 Å². The summed E-state index contributed by atoms with van der Waals surface area (Å²) in [6.45, 7) is 5.72. The average molecular weight is 802 g/mol. The lowest BCUT2D eigenvalue weighted by Gasteiger charge is -2.30. The summed E-state index contributed by atoms with van der Waals surface area (Å²) in [4.78, 5) is 74.8. The molecule has 3 aliphatic rings. The predicted octanol–water partition coefficient (Wildman–Crippen LogP) is 5.19. The SMILES string of the molecule is CC(=O)N[C@@H](C(=O)N1CCCC1C1=CN=C(c2cn3cc(-c4ccc(-c5cnc([C@@H]6CCCN6C(=O)[C@@H](NC(=O)CO)C(C)C)[nH]5)cc4)sc3n2)C1)c1ccccc1. The summed E-state index contributed by atoms with van der Waals surface area (Å²) in [6, 6.07) is 15.9. The summed E-state index contributed by atoms with van der Waals surface area (Å²) in [5.41, 5.74) is 6.39. The van der Waals surface area contributed by atoms with E-state index in [0.717, 1.165) is 74.9 Å². The van der Waals surface area contributed by atoms with Gasteiger partial charge in [0.2, 0.25) is 23.6 Å². The molecular weight excluding hydrogens is 755 g/mol. The topological polar surface area (TPSA) is 177 Å². The zero-order valence-corrected chi connectivity index (χ0v) is 33.5. The second-order valence-electron chi connectivity index (χ2n) is 15.5. The van der Waals surface area contributed by atoms with Gasteiger partial charge < -0.3 is 30.5 Å². The van der Waals surface area contributed by atoms with Crippen LogP contribution in [0.5, 0.6) is 0 Å². The summed E-state index contributed by atoms with van der Waals surface area (Å²) < 4.78 is 2.03. The van der Waals surface area contributed by atoms with Crippen LogP contribution in [0, 0.1) is 5.92 Å². The number of nitrogens with zero attached hydrogens (tertiary/aromatic N) is 6. The number of thiazole rings is 1. The lowest BCUT2D eigenvalue weighted by molar-refractivity contribution is -0.139. The number of aliphatic hydroxyl groups excluding tert-OH is 1. The van der Waals surface area contributed by atoms with Crippen molar-refractivity contribution in [1.29, 1.82) is 0 Å². The molecule has 15 heteroatoms. The number of aromatic nitrogens is 4. The zero-order chi connectivity index (χ0) is 40.5. The van der Waals surface area contributed by atoms with Gasteiger partial charge >= 0.3 is 0 Å². The first-order valence-electron chi connectivity index (χ1n) is 19.8. The molecule has 6 heterocycles. The van der Waals surface area contributed by atoms with Crippen LogP contribution >= 0.6 is 11.3 Å². The molecule has 0 aliphatic carbocycles. The average Bonchev–Trinajstić information content (AvgIpc) is 4.08. The van der Waals surface area contributed by atoms with Gasteiger partial charge in [-0.15, -0.1) is 0 Å².